The zero-order valence-electron chi connectivity index (χ0n) is 30.3. The van der Waals surface area contributed by atoms with Crippen LogP contribution in [0.2, 0.25) is 0 Å². The molecular weight excluding hydrogens is 637 g/mol. The summed E-state index contributed by atoms with van der Waals surface area (Å²) in [6.45, 7) is 2.36. The first kappa shape index (κ1) is 46.5. The number of hydrogen-bond donors (Lipinski definition) is 4. The van der Waals surface area contributed by atoms with E-state index in [0.717, 1.165) is 32.1 Å². The van der Waals surface area contributed by atoms with Gasteiger partial charge in [-0.05, 0) is 12.8 Å². The van der Waals surface area contributed by atoms with Gasteiger partial charge in [-0.15, -0.1) is 0 Å². The lowest BCUT2D eigenvalue weighted by Crippen LogP contribution is -2.43. The molecule has 3 atom stereocenters. The third kappa shape index (κ3) is 31.7. The molecule has 0 saturated heterocycles. The number of aliphatic hydroxyl groups excluding tert-OH is 1. The number of phosphoric acid groups is 1. The molecule has 284 valence electrons. The molecule has 0 bridgehead atoms. The highest BCUT2D eigenvalue weighted by molar-refractivity contribution is 7.47. The number of amides is 1. The smallest absolute Gasteiger partial charge is 0.472 e. The van der Waals surface area contributed by atoms with E-state index in [9.17, 15) is 34.1 Å². The summed E-state index contributed by atoms with van der Waals surface area (Å²) < 4.78 is 26.5. The molecule has 0 spiro atoms. The first-order chi connectivity index (χ1) is 23.1. The number of carboxylic acid groups (broad SMARTS) is 1. The molecule has 0 radical (unpaired) electrons. The quantitative estimate of drug-likeness (QED) is 0.0281. The first-order valence-electron chi connectivity index (χ1n) is 19.1. The van der Waals surface area contributed by atoms with Gasteiger partial charge in [0.05, 0.1) is 13.2 Å². The first-order valence-corrected chi connectivity index (χ1v) is 20.6. The predicted octanol–water partition coefficient (Wildman–Crippen LogP) is 8.78. The van der Waals surface area contributed by atoms with E-state index >= 15 is 0 Å². The molecule has 0 aromatic heterocycles. The number of carbonyl (C=O) groups excluding carboxylic acids is 2. The van der Waals surface area contributed by atoms with Gasteiger partial charge in [0.1, 0.15) is 12.7 Å². The van der Waals surface area contributed by atoms with E-state index in [0.29, 0.717) is 12.8 Å². The summed E-state index contributed by atoms with van der Waals surface area (Å²) in [6, 6.07) is -1.53. The van der Waals surface area contributed by atoms with Crippen LogP contribution in [0.15, 0.2) is 0 Å². The number of carboxylic acids is 1. The Balaban J connectivity index is 3.69. The zero-order chi connectivity index (χ0) is 35.7. The second-order valence-corrected chi connectivity index (χ2v) is 14.6. The van der Waals surface area contributed by atoms with Gasteiger partial charge in [0.25, 0.3) is 0 Å². The maximum absolute atomic E-state index is 12.1. The molecule has 0 saturated carbocycles. The SMILES string of the molecule is CCCCCCCCCCCCCCCCCCCCCCCC(=O)OCC(O)COP(=O)(O)OCC(NC(=O)CCCCC)C(=O)O. The maximum Gasteiger partial charge on any atom is 0.472 e. The molecule has 0 aliphatic carbocycles. The Bertz CT molecular complexity index is 844. The van der Waals surface area contributed by atoms with Crippen LogP contribution < -0.4 is 5.32 Å². The molecule has 0 aliphatic heterocycles. The summed E-state index contributed by atoms with van der Waals surface area (Å²) in [4.78, 5) is 45.0. The zero-order valence-corrected chi connectivity index (χ0v) is 31.2. The van der Waals surface area contributed by atoms with Gasteiger partial charge >= 0.3 is 19.8 Å². The Morgan fingerprint density at radius 3 is 1.40 bits per heavy atom. The van der Waals surface area contributed by atoms with Crippen LogP contribution in [-0.2, 0) is 32.7 Å². The van der Waals surface area contributed by atoms with Crippen LogP contribution in [-0.4, -0.2) is 64.9 Å². The lowest BCUT2D eigenvalue weighted by atomic mass is 10.0. The van der Waals surface area contributed by atoms with Crippen molar-refractivity contribution in [1.29, 1.82) is 0 Å². The van der Waals surface area contributed by atoms with Crippen LogP contribution >= 0.6 is 7.82 Å². The monoisotopic (exact) mass is 707 g/mol. The van der Waals surface area contributed by atoms with Gasteiger partial charge in [0.2, 0.25) is 5.91 Å². The summed E-state index contributed by atoms with van der Waals surface area (Å²) >= 11 is 0. The minimum atomic E-state index is -4.72. The Hall–Kier alpha value is -1.52. The van der Waals surface area contributed by atoms with Crippen LogP contribution in [0.5, 0.6) is 0 Å². The van der Waals surface area contributed by atoms with Crippen LogP contribution in [0.3, 0.4) is 0 Å². The number of aliphatic hydroxyl groups is 1. The van der Waals surface area contributed by atoms with Crippen molar-refractivity contribution >= 4 is 25.7 Å². The van der Waals surface area contributed by atoms with Gasteiger partial charge in [-0.25, -0.2) is 9.36 Å². The molecule has 3 unspecified atom stereocenters. The lowest BCUT2D eigenvalue weighted by Gasteiger charge is -2.18. The minimum absolute atomic E-state index is 0.134. The minimum Gasteiger partial charge on any atom is -0.480 e. The van der Waals surface area contributed by atoms with Crippen LogP contribution in [0.1, 0.15) is 181 Å². The van der Waals surface area contributed by atoms with Gasteiger partial charge in [0.15, 0.2) is 6.04 Å². The van der Waals surface area contributed by atoms with Gasteiger partial charge in [-0.1, -0.05) is 155 Å². The van der Waals surface area contributed by atoms with E-state index in [-0.39, 0.29) is 12.8 Å². The van der Waals surface area contributed by atoms with E-state index < -0.39 is 57.6 Å². The Morgan fingerprint density at radius 1 is 0.583 bits per heavy atom. The number of ether oxygens (including phenoxy) is 1. The third-order valence-electron chi connectivity index (χ3n) is 8.40. The fraction of sp³-hybridized carbons (Fsp3) is 0.917. The summed E-state index contributed by atoms with van der Waals surface area (Å²) in [7, 11) is -4.72. The van der Waals surface area contributed by atoms with Crippen molar-refractivity contribution in [3.05, 3.63) is 0 Å². The number of carbonyl (C=O) groups is 3. The standard InChI is InChI=1S/C36H70NO10P/c1-3-5-7-8-9-10-11-12-13-14-15-16-17-18-19-20-21-22-23-24-26-28-35(40)45-29-32(38)30-46-48(43,44)47-31-33(36(41)42)37-34(39)27-25-6-4-2/h32-33,38H,3-31H2,1-2H3,(H,37,39)(H,41,42)(H,43,44). The number of unbranched alkanes of at least 4 members (excludes halogenated alkanes) is 22. The molecular formula is C36H70NO10P. The summed E-state index contributed by atoms with van der Waals surface area (Å²) in [6.07, 6.45) is 28.4. The van der Waals surface area contributed by atoms with Crippen molar-refractivity contribution < 1.29 is 47.8 Å². The molecule has 0 rings (SSSR count). The van der Waals surface area contributed by atoms with Gasteiger partial charge in [0, 0.05) is 12.8 Å². The van der Waals surface area contributed by atoms with E-state index in [4.69, 9.17) is 4.74 Å². The predicted molar refractivity (Wildman–Crippen MR) is 190 cm³/mol. The average molecular weight is 708 g/mol. The number of nitrogens with one attached hydrogen (secondary N) is 1. The fourth-order valence-corrected chi connectivity index (χ4v) is 6.15. The normalized spacial score (nSPS) is 13.9. The average Bonchev–Trinajstić information content (AvgIpc) is 3.05. The second kappa shape index (κ2) is 32.7. The highest BCUT2D eigenvalue weighted by atomic mass is 31.2. The fourth-order valence-electron chi connectivity index (χ4n) is 5.37. The summed E-state index contributed by atoms with van der Waals surface area (Å²) in [5.41, 5.74) is 0. The van der Waals surface area contributed by atoms with Crippen LogP contribution in [0, 0.1) is 0 Å². The molecule has 11 nitrogen and oxygen atoms in total. The van der Waals surface area contributed by atoms with Gasteiger partial charge < -0.3 is 25.2 Å². The molecule has 0 aromatic carbocycles. The summed E-state index contributed by atoms with van der Waals surface area (Å²) in [5, 5.41) is 21.4. The number of aliphatic carboxylic acids is 1. The Morgan fingerprint density at radius 2 is 0.958 bits per heavy atom. The van der Waals surface area contributed by atoms with E-state index in [2.05, 4.69) is 21.3 Å². The van der Waals surface area contributed by atoms with Crippen molar-refractivity contribution in [2.75, 3.05) is 19.8 Å². The molecule has 0 heterocycles. The lowest BCUT2D eigenvalue weighted by molar-refractivity contribution is -0.147. The largest absolute Gasteiger partial charge is 0.480 e. The van der Waals surface area contributed by atoms with E-state index in [1.165, 1.54) is 109 Å². The van der Waals surface area contributed by atoms with Crippen molar-refractivity contribution in [3.63, 3.8) is 0 Å². The highest BCUT2D eigenvalue weighted by Gasteiger charge is 2.28. The topological polar surface area (TPSA) is 169 Å². The highest BCUT2D eigenvalue weighted by Crippen LogP contribution is 2.43. The van der Waals surface area contributed by atoms with E-state index in [1.807, 2.05) is 6.92 Å². The molecule has 4 N–H and O–H groups in total. The molecule has 0 aromatic rings. The summed E-state index contributed by atoms with van der Waals surface area (Å²) in [5.74, 6) is -2.40. The maximum atomic E-state index is 12.1. The molecule has 48 heavy (non-hydrogen) atoms. The van der Waals surface area contributed by atoms with Crippen LogP contribution in [0.4, 0.5) is 0 Å². The Labute approximate surface area is 291 Å². The van der Waals surface area contributed by atoms with Crippen molar-refractivity contribution in [1.82, 2.24) is 5.32 Å². The second-order valence-electron chi connectivity index (χ2n) is 13.1. The van der Waals surface area contributed by atoms with Crippen LogP contribution in [0.25, 0.3) is 0 Å². The third-order valence-corrected chi connectivity index (χ3v) is 9.35. The Kier molecular flexibility index (Phi) is 31.6. The molecule has 0 fully saturated rings. The molecule has 1 amide bonds. The number of hydrogen-bond acceptors (Lipinski definition) is 8. The van der Waals surface area contributed by atoms with E-state index in [1.54, 1.807) is 0 Å². The van der Waals surface area contributed by atoms with Crippen molar-refractivity contribution in [3.8, 4) is 0 Å². The number of rotatable bonds is 36. The molecule has 12 heteroatoms. The number of phosphoric ester groups is 1. The van der Waals surface area contributed by atoms with Crippen molar-refractivity contribution in [2.45, 2.75) is 193 Å². The van der Waals surface area contributed by atoms with Gasteiger partial charge in [-0.2, -0.15) is 0 Å². The number of esters is 1. The van der Waals surface area contributed by atoms with Gasteiger partial charge in [-0.3, -0.25) is 18.6 Å². The molecule has 0 aliphatic rings. The van der Waals surface area contributed by atoms with Crippen molar-refractivity contribution in [2.24, 2.45) is 0 Å².